The number of nitrogens with zero attached hydrogens (tertiary/aromatic N) is 3. The molecule has 1 aromatic heterocycles. The molecule has 1 aliphatic carbocycles. The summed E-state index contributed by atoms with van der Waals surface area (Å²) in [7, 11) is 0. The van der Waals surface area contributed by atoms with Crippen LogP contribution in [0.4, 0.5) is 13.2 Å². The van der Waals surface area contributed by atoms with Gasteiger partial charge in [0.1, 0.15) is 6.54 Å². The van der Waals surface area contributed by atoms with Gasteiger partial charge in [-0.3, -0.25) is 9.48 Å². The average Bonchev–Trinajstić information content (AvgIpc) is 3.27. The van der Waals surface area contributed by atoms with E-state index in [0.717, 1.165) is 25.9 Å². The van der Waals surface area contributed by atoms with Gasteiger partial charge in [0.15, 0.2) is 5.69 Å². The largest absolute Gasteiger partial charge is 0.436 e. The topological polar surface area (TPSA) is 50.2 Å². The van der Waals surface area contributed by atoms with Crippen LogP contribution in [0, 0.1) is 0 Å². The van der Waals surface area contributed by atoms with Gasteiger partial charge in [0.25, 0.3) is 0 Å². The molecule has 1 aromatic rings. The number of aromatic nitrogens is 2. The minimum atomic E-state index is -4.53. The van der Waals surface area contributed by atoms with E-state index in [4.69, 9.17) is 0 Å². The maximum absolute atomic E-state index is 13.0. The Bertz CT molecular complexity index is 580. The van der Waals surface area contributed by atoms with Crippen LogP contribution in [0.2, 0.25) is 0 Å². The Morgan fingerprint density at radius 2 is 2.00 bits per heavy atom. The summed E-state index contributed by atoms with van der Waals surface area (Å²) in [6.07, 6.45) is -2.89. The van der Waals surface area contributed by atoms with Crippen molar-refractivity contribution in [3.8, 4) is 0 Å². The van der Waals surface area contributed by atoms with Crippen molar-refractivity contribution in [1.82, 2.24) is 20.0 Å². The Labute approximate surface area is 147 Å². The van der Waals surface area contributed by atoms with Crippen LogP contribution in [0.1, 0.15) is 44.0 Å². The lowest BCUT2D eigenvalue weighted by Gasteiger charge is -2.18. The van der Waals surface area contributed by atoms with Crippen molar-refractivity contribution in [3.05, 3.63) is 15.9 Å². The maximum atomic E-state index is 13.0. The second-order valence-corrected chi connectivity index (χ2v) is 6.65. The fraction of sp³-hybridized carbons (Fsp3) is 0.733. The van der Waals surface area contributed by atoms with Crippen molar-refractivity contribution in [1.29, 1.82) is 0 Å². The van der Waals surface area contributed by atoms with Crippen molar-refractivity contribution in [2.24, 2.45) is 0 Å². The second kappa shape index (κ2) is 7.86. The van der Waals surface area contributed by atoms with Gasteiger partial charge in [0.05, 0.1) is 10.2 Å². The SMILES string of the molecule is CCN(CC)CCNC(=O)Cn1nc(C(F)(F)F)c(Br)c1C1CC1. The van der Waals surface area contributed by atoms with Crippen LogP contribution < -0.4 is 5.32 Å². The van der Waals surface area contributed by atoms with Gasteiger partial charge in [-0.1, -0.05) is 13.8 Å². The lowest BCUT2D eigenvalue weighted by molar-refractivity contribution is -0.142. The molecule has 9 heteroatoms. The summed E-state index contributed by atoms with van der Waals surface area (Å²) in [4.78, 5) is 14.2. The summed E-state index contributed by atoms with van der Waals surface area (Å²) in [6.45, 7) is 6.83. The molecule has 0 saturated heterocycles. The summed E-state index contributed by atoms with van der Waals surface area (Å²) in [5.41, 5.74) is -0.485. The highest BCUT2D eigenvalue weighted by atomic mass is 79.9. The molecule has 1 aliphatic rings. The van der Waals surface area contributed by atoms with E-state index in [0.29, 0.717) is 18.8 Å². The second-order valence-electron chi connectivity index (χ2n) is 5.85. The van der Waals surface area contributed by atoms with E-state index >= 15 is 0 Å². The van der Waals surface area contributed by atoms with Crippen molar-refractivity contribution < 1.29 is 18.0 Å². The first-order chi connectivity index (χ1) is 11.3. The van der Waals surface area contributed by atoms with Crippen LogP contribution >= 0.6 is 15.9 Å². The molecule has 24 heavy (non-hydrogen) atoms. The Hall–Kier alpha value is -1.09. The predicted octanol–water partition coefficient (Wildman–Crippen LogP) is 3.00. The van der Waals surface area contributed by atoms with Crippen LogP contribution in [-0.2, 0) is 17.5 Å². The zero-order chi connectivity index (χ0) is 17.9. The molecule has 1 amide bonds. The molecular formula is C15H22BrF3N4O. The first-order valence-corrected chi connectivity index (χ1v) is 8.89. The molecule has 0 aromatic carbocycles. The number of hydrogen-bond donors (Lipinski definition) is 1. The summed E-state index contributed by atoms with van der Waals surface area (Å²) in [6, 6.07) is 0. The minimum absolute atomic E-state index is 0.0339. The quantitative estimate of drug-likeness (QED) is 0.716. The highest BCUT2D eigenvalue weighted by Crippen LogP contribution is 2.46. The van der Waals surface area contributed by atoms with Gasteiger partial charge in [-0.15, -0.1) is 0 Å². The highest BCUT2D eigenvalue weighted by Gasteiger charge is 2.41. The fourth-order valence-electron chi connectivity index (χ4n) is 2.59. The third kappa shape index (κ3) is 4.72. The van der Waals surface area contributed by atoms with Crippen molar-refractivity contribution in [2.75, 3.05) is 26.2 Å². The number of alkyl halides is 3. The standard InChI is InChI=1S/C15H22BrF3N4O/c1-3-22(4-2)8-7-20-11(24)9-23-13(10-5-6-10)12(16)14(21-23)15(17,18)19/h10H,3-9H2,1-2H3,(H,20,24). The Morgan fingerprint density at radius 3 is 2.50 bits per heavy atom. The molecule has 1 fully saturated rings. The first-order valence-electron chi connectivity index (χ1n) is 8.10. The predicted molar refractivity (Wildman–Crippen MR) is 87.7 cm³/mol. The highest BCUT2D eigenvalue weighted by molar-refractivity contribution is 9.10. The third-order valence-corrected chi connectivity index (χ3v) is 4.88. The molecule has 0 radical (unpaired) electrons. The summed E-state index contributed by atoms with van der Waals surface area (Å²) < 4.78 is 40.2. The number of likely N-dealkylation sites (N-methyl/N-ethyl adjacent to an activating group) is 1. The molecule has 0 atom stereocenters. The van der Waals surface area contributed by atoms with Crippen LogP contribution in [0.15, 0.2) is 4.47 Å². The summed E-state index contributed by atoms with van der Waals surface area (Å²) in [5, 5.41) is 6.38. The van der Waals surface area contributed by atoms with Crippen molar-refractivity contribution in [2.45, 2.75) is 45.3 Å². The molecule has 2 rings (SSSR count). The van der Waals surface area contributed by atoms with E-state index in [1.807, 2.05) is 13.8 Å². The first kappa shape index (κ1) is 19.2. The Kier molecular flexibility index (Phi) is 6.30. The van der Waals surface area contributed by atoms with Crippen molar-refractivity contribution >= 4 is 21.8 Å². The molecule has 1 heterocycles. The molecule has 0 aliphatic heterocycles. The number of halogens is 4. The lowest BCUT2D eigenvalue weighted by Crippen LogP contribution is -2.36. The molecule has 136 valence electrons. The Morgan fingerprint density at radius 1 is 1.38 bits per heavy atom. The van der Waals surface area contributed by atoms with E-state index in [1.165, 1.54) is 4.68 Å². The smallest absolute Gasteiger partial charge is 0.353 e. The molecule has 0 unspecified atom stereocenters. The average molecular weight is 411 g/mol. The zero-order valence-electron chi connectivity index (χ0n) is 13.8. The molecule has 0 spiro atoms. The van der Waals surface area contributed by atoms with E-state index in [9.17, 15) is 18.0 Å². The van der Waals surface area contributed by atoms with Gasteiger partial charge >= 0.3 is 6.18 Å². The maximum Gasteiger partial charge on any atom is 0.436 e. The van der Waals surface area contributed by atoms with Gasteiger partial charge in [0.2, 0.25) is 5.91 Å². The summed E-state index contributed by atoms with van der Waals surface area (Å²) >= 11 is 3.02. The lowest BCUT2D eigenvalue weighted by atomic mass is 10.2. The van der Waals surface area contributed by atoms with Gasteiger partial charge in [0, 0.05) is 19.0 Å². The fourth-order valence-corrected chi connectivity index (χ4v) is 3.42. The number of amides is 1. The Balaban J connectivity index is 2.02. The van der Waals surface area contributed by atoms with Crippen LogP contribution in [-0.4, -0.2) is 46.8 Å². The van der Waals surface area contributed by atoms with E-state index in [1.54, 1.807) is 0 Å². The normalized spacial score (nSPS) is 15.1. The van der Waals surface area contributed by atoms with Gasteiger partial charge < -0.3 is 10.2 Å². The number of rotatable bonds is 8. The number of hydrogen-bond acceptors (Lipinski definition) is 3. The summed E-state index contributed by atoms with van der Waals surface area (Å²) in [5.74, 6) is -0.278. The molecule has 1 N–H and O–H groups in total. The van der Waals surface area contributed by atoms with Crippen molar-refractivity contribution in [3.63, 3.8) is 0 Å². The third-order valence-electron chi connectivity index (χ3n) is 4.10. The van der Waals surface area contributed by atoms with Crippen LogP contribution in [0.25, 0.3) is 0 Å². The number of nitrogens with one attached hydrogen (secondary N) is 1. The van der Waals surface area contributed by atoms with Gasteiger partial charge in [-0.25, -0.2) is 0 Å². The van der Waals surface area contributed by atoms with Crippen LogP contribution in [0.3, 0.4) is 0 Å². The van der Waals surface area contributed by atoms with Gasteiger partial charge in [-0.05, 0) is 41.9 Å². The van der Waals surface area contributed by atoms with E-state index < -0.39 is 11.9 Å². The minimum Gasteiger partial charge on any atom is -0.353 e. The zero-order valence-corrected chi connectivity index (χ0v) is 15.4. The number of carbonyl (C=O) groups is 1. The molecular weight excluding hydrogens is 389 g/mol. The van der Waals surface area contributed by atoms with Gasteiger partial charge in [-0.2, -0.15) is 18.3 Å². The van der Waals surface area contributed by atoms with Crippen LogP contribution in [0.5, 0.6) is 0 Å². The van der Waals surface area contributed by atoms with E-state index in [2.05, 4.69) is 31.2 Å². The van der Waals surface area contributed by atoms with E-state index in [-0.39, 0.29) is 22.8 Å². The molecule has 1 saturated carbocycles. The number of carbonyl (C=O) groups excluding carboxylic acids is 1. The monoisotopic (exact) mass is 410 g/mol. The molecule has 0 bridgehead atoms. The molecule has 5 nitrogen and oxygen atoms in total.